The molecule has 1 aromatic carbocycles. The first-order valence-electron chi connectivity index (χ1n) is 6.16. The minimum Gasteiger partial charge on any atom is -0.710 e. The second-order valence-electron chi connectivity index (χ2n) is 5.24. The van der Waals surface area contributed by atoms with Crippen molar-refractivity contribution in [1.29, 1.82) is 0 Å². The average molecular weight is 245 g/mol. The van der Waals surface area contributed by atoms with E-state index in [9.17, 15) is 10.4 Å². The van der Waals surface area contributed by atoms with Crippen LogP contribution in [0.5, 0.6) is 0 Å². The monoisotopic (exact) mass is 245 g/mol. The van der Waals surface area contributed by atoms with Crippen molar-refractivity contribution in [2.45, 2.75) is 32.6 Å². The predicted molar refractivity (Wildman–Crippen MR) is 65.7 cm³/mol. The van der Waals surface area contributed by atoms with Crippen LogP contribution in [0.3, 0.4) is 0 Å². The Hall–Kier alpha value is -1.91. The molecule has 18 heavy (non-hydrogen) atoms. The highest BCUT2D eigenvalue weighted by Gasteiger charge is 2.34. The van der Waals surface area contributed by atoms with Crippen molar-refractivity contribution in [2.24, 2.45) is 5.92 Å². The Bertz CT molecular complexity index is 587. The minimum absolute atomic E-state index is 0.347. The lowest BCUT2D eigenvalue weighted by molar-refractivity contribution is -0.680. The van der Waals surface area contributed by atoms with Crippen molar-refractivity contribution in [1.82, 2.24) is 5.10 Å². The van der Waals surface area contributed by atoms with Crippen molar-refractivity contribution >= 4 is 11.0 Å². The van der Waals surface area contributed by atoms with Crippen molar-refractivity contribution in [3.8, 4) is 0 Å². The zero-order valence-corrected chi connectivity index (χ0v) is 10.6. The maximum Gasteiger partial charge on any atom is 0.365 e. The third-order valence-electron chi connectivity index (χ3n) is 4.44. The topological polar surface area (TPSA) is 66.8 Å². The van der Waals surface area contributed by atoms with E-state index in [-0.39, 0.29) is 0 Å². The van der Waals surface area contributed by atoms with E-state index in [0.717, 1.165) is 6.33 Å². The smallest absolute Gasteiger partial charge is 0.365 e. The van der Waals surface area contributed by atoms with Crippen LogP contribution in [0.15, 0.2) is 18.5 Å². The summed E-state index contributed by atoms with van der Waals surface area (Å²) in [5, 5.41) is 26.9. The molecular weight excluding hydrogens is 230 g/mol. The number of hydrogen-bond donors (Lipinski definition) is 0. The van der Waals surface area contributed by atoms with E-state index in [1.165, 1.54) is 11.1 Å². The molecule has 94 valence electrons. The van der Waals surface area contributed by atoms with E-state index >= 15 is 0 Å². The summed E-state index contributed by atoms with van der Waals surface area (Å²) in [5.41, 5.74) is 3.09. The summed E-state index contributed by atoms with van der Waals surface area (Å²) in [6, 6.07) is 3.67. The molecule has 0 N–H and O–H groups in total. The summed E-state index contributed by atoms with van der Waals surface area (Å²) in [5.74, 6) is 1.33. The van der Waals surface area contributed by atoms with E-state index in [0.29, 0.717) is 38.4 Å². The van der Waals surface area contributed by atoms with E-state index in [1.807, 2.05) is 12.1 Å². The zero-order valence-electron chi connectivity index (χ0n) is 10.6. The Morgan fingerprint density at radius 2 is 1.56 bits per heavy atom. The molecule has 5 heteroatoms. The van der Waals surface area contributed by atoms with E-state index in [4.69, 9.17) is 0 Å². The summed E-state index contributed by atoms with van der Waals surface area (Å²) in [6.07, 6.45) is 1.01. The van der Waals surface area contributed by atoms with Gasteiger partial charge in [-0.15, -0.1) is 0 Å². The SMILES string of the molecule is CC1c2cc3c(cc2C(C)C1C)[n+]([O-])nc[n+]3[O-]. The fraction of sp³-hybridized carbons (Fsp3) is 0.462. The molecule has 0 radical (unpaired) electrons. The number of hydrogen-bond acceptors (Lipinski definition) is 3. The van der Waals surface area contributed by atoms with Crippen LogP contribution in [-0.2, 0) is 0 Å². The average Bonchev–Trinajstić information content (AvgIpc) is 2.58. The number of aromatic nitrogens is 3. The van der Waals surface area contributed by atoms with Gasteiger partial charge in [-0.05, 0) is 34.9 Å². The van der Waals surface area contributed by atoms with Crippen LogP contribution in [0.25, 0.3) is 11.0 Å². The van der Waals surface area contributed by atoms with Gasteiger partial charge in [0, 0.05) is 6.07 Å². The summed E-state index contributed by atoms with van der Waals surface area (Å²) in [7, 11) is 0. The molecule has 1 aliphatic carbocycles. The molecule has 5 nitrogen and oxygen atoms in total. The third-order valence-corrected chi connectivity index (χ3v) is 4.44. The molecule has 0 bridgehead atoms. The minimum atomic E-state index is 0.347. The number of rotatable bonds is 0. The van der Waals surface area contributed by atoms with Gasteiger partial charge in [0.25, 0.3) is 0 Å². The molecular formula is C13H15N3O2. The summed E-state index contributed by atoms with van der Waals surface area (Å²) >= 11 is 0. The van der Waals surface area contributed by atoms with Gasteiger partial charge in [-0.25, -0.2) is 4.73 Å². The Morgan fingerprint density at radius 3 is 2.17 bits per heavy atom. The fourth-order valence-electron chi connectivity index (χ4n) is 2.95. The Labute approximate surface area is 105 Å². The van der Waals surface area contributed by atoms with Gasteiger partial charge in [0.2, 0.25) is 10.6 Å². The molecule has 0 saturated carbocycles. The lowest BCUT2D eigenvalue weighted by atomic mass is 9.91. The van der Waals surface area contributed by atoms with Crippen molar-refractivity contribution in [3.63, 3.8) is 0 Å². The van der Waals surface area contributed by atoms with Gasteiger partial charge < -0.3 is 10.4 Å². The molecule has 0 aliphatic heterocycles. The highest BCUT2D eigenvalue weighted by atomic mass is 16.5. The van der Waals surface area contributed by atoms with Crippen LogP contribution in [0.1, 0.15) is 43.7 Å². The van der Waals surface area contributed by atoms with Gasteiger partial charge in [0.05, 0.1) is 4.85 Å². The van der Waals surface area contributed by atoms with Crippen LogP contribution in [0.2, 0.25) is 0 Å². The molecule has 0 fully saturated rings. The molecule has 1 heterocycles. The highest BCUT2D eigenvalue weighted by molar-refractivity contribution is 5.71. The van der Waals surface area contributed by atoms with Gasteiger partial charge in [0.1, 0.15) is 0 Å². The standard InChI is InChI=1S/C13H15N3O2/c1-7-8(2)10-4-12-13(5-11(10)9(7)3)16(18)14-6-15(12)17/h4-9H,1-3H3. The Balaban J connectivity index is 2.36. The van der Waals surface area contributed by atoms with Crippen LogP contribution < -0.4 is 9.58 Å². The van der Waals surface area contributed by atoms with Crippen LogP contribution in [-0.4, -0.2) is 5.10 Å². The first kappa shape index (κ1) is 11.2. The Morgan fingerprint density at radius 1 is 1.00 bits per heavy atom. The summed E-state index contributed by atoms with van der Waals surface area (Å²) in [4.78, 5) is 0.518. The first-order chi connectivity index (χ1) is 8.50. The van der Waals surface area contributed by atoms with Gasteiger partial charge in [-0.1, -0.05) is 20.8 Å². The molecule has 3 atom stereocenters. The van der Waals surface area contributed by atoms with Crippen LogP contribution in [0.4, 0.5) is 0 Å². The van der Waals surface area contributed by atoms with Gasteiger partial charge in [0.15, 0.2) is 0 Å². The number of fused-ring (bicyclic) bond motifs is 2. The van der Waals surface area contributed by atoms with Crippen LogP contribution >= 0.6 is 0 Å². The maximum absolute atomic E-state index is 11.7. The second kappa shape index (κ2) is 3.54. The van der Waals surface area contributed by atoms with Crippen molar-refractivity contribution in [2.75, 3.05) is 0 Å². The lowest BCUT2D eigenvalue weighted by Gasteiger charge is -2.13. The van der Waals surface area contributed by atoms with Gasteiger partial charge in [-0.2, -0.15) is 0 Å². The molecule has 2 aromatic rings. The molecule has 1 aromatic heterocycles. The normalized spacial score (nSPS) is 26.5. The zero-order chi connectivity index (χ0) is 13.0. The molecule has 3 unspecified atom stereocenters. The fourth-order valence-corrected chi connectivity index (χ4v) is 2.95. The maximum atomic E-state index is 11.7. The first-order valence-corrected chi connectivity index (χ1v) is 6.16. The largest absolute Gasteiger partial charge is 0.710 e. The third kappa shape index (κ3) is 1.30. The highest BCUT2D eigenvalue weighted by Crippen LogP contribution is 2.46. The summed E-state index contributed by atoms with van der Waals surface area (Å²) < 4.78 is 0.657. The molecule has 3 rings (SSSR count). The second-order valence-corrected chi connectivity index (χ2v) is 5.24. The lowest BCUT2D eigenvalue weighted by Crippen LogP contribution is -2.41. The molecule has 0 spiro atoms. The van der Waals surface area contributed by atoms with Crippen molar-refractivity contribution < 1.29 is 9.58 Å². The molecule has 0 saturated heterocycles. The van der Waals surface area contributed by atoms with E-state index in [2.05, 4.69) is 25.9 Å². The quantitative estimate of drug-likeness (QED) is 0.520. The van der Waals surface area contributed by atoms with Crippen molar-refractivity contribution in [3.05, 3.63) is 40.0 Å². The number of nitrogens with zero attached hydrogens (tertiary/aromatic N) is 3. The van der Waals surface area contributed by atoms with Gasteiger partial charge in [-0.3, -0.25) is 0 Å². The molecule has 0 amide bonds. The van der Waals surface area contributed by atoms with Gasteiger partial charge >= 0.3 is 11.8 Å². The Kier molecular flexibility index (Phi) is 2.20. The predicted octanol–water partition coefficient (Wildman–Crippen LogP) is 1.36. The number of benzene rings is 1. The summed E-state index contributed by atoms with van der Waals surface area (Å²) in [6.45, 7) is 6.53. The van der Waals surface area contributed by atoms with Crippen LogP contribution in [0, 0.1) is 16.3 Å². The molecule has 1 aliphatic rings. The van der Waals surface area contributed by atoms with E-state index in [1.54, 1.807) is 0 Å². The van der Waals surface area contributed by atoms with E-state index < -0.39 is 0 Å².